The van der Waals surface area contributed by atoms with Crippen LogP contribution in [0.1, 0.15) is 31.0 Å². The zero-order chi connectivity index (χ0) is 16.8. The van der Waals surface area contributed by atoms with Gasteiger partial charge in [0.1, 0.15) is 0 Å². The molecule has 120 valence electrons. The fraction of sp³-hybridized carbons (Fsp3) is 0.222. The molecule has 0 aromatic heterocycles. The predicted molar refractivity (Wildman–Crippen MR) is 92.5 cm³/mol. The Morgan fingerprint density at radius 3 is 2.17 bits per heavy atom. The van der Waals surface area contributed by atoms with Crippen molar-refractivity contribution in [3.05, 3.63) is 59.7 Å². The van der Waals surface area contributed by atoms with E-state index in [1.54, 1.807) is 24.3 Å². The summed E-state index contributed by atoms with van der Waals surface area (Å²) < 4.78 is 0. The van der Waals surface area contributed by atoms with Crippen molar-refractivity contribution in [1.29, 1.82) is 0 Å². The van der Waals surface area contributed by atoms with Gasteiger partial charge in [-0.1, -0.05) is 35.9 Å². The van der Waals surface area contributed by atoms with Gasteiger partial charge in [0.05, 0.1) is 6.04 Å². The highest BCUT2D eigenvalue weighted by Gasteiger charge is 2.09. The Bertz CT molecular complexity index is 696. The molecule has 2 aromatic carbocycles. The van der Waals surface area contributed by atoms with Crippen molar-refractivity contribution in [1.82, 2.24) is 5.32 Å². The topological polar surface area (TPSA) is 70.2 Å². The summed E-state index contributed by atoms with van der Waals surface area (Å²) in [5.41, 5.74) is 3.48. The molecule has 1 unspecified atom stereocenters. The van der Waals surface area contributed by atoms with Crippen molar-refractivity contribution < 1.29 is 9.59 Å². The fourth-order valence-electron chi connectivity index (χ4n) is 2.18. The maximum Gasteiger partial charge on any atom is 0.319 e. The number of nitrogens with one attached hydrogen (secondary N) is 3. The third kappa shape index (κ3) is 5.14. The van der Waals surface area contributed by atoms with Gasteiger partial charge in [-0.2, -0.15) is 0 Å². The van der Waals surface area contributed by atoms with Crippen molar-refractivity contribution in [2.45, 2.75) is 26.8 Å². The van der Waals surface area contributed by atoms with Gasteiger partial charge in [0.2, 0.25) is 5.91 Å². The van der Waals surface area contributed by atoms with Crippen molar-refractivity contribution in [3.8, 4) is 0 Å². The summed E-state index contributed by atoms with van der Waals surface area (Å²) in [4.78, 5) is 23.1. The number of benzene rings is 2. The smallest absolute Gasteiger partial charge is 0.319 e. The first-order valence-corrected chi connectivity index (χ1v) is 7.46. The van der Waals surface area contributed by atoms with Crippen molar-refractivity contribution in [3.63, 3.8) is 0 Å². The summed E-state index contributed by atoms with van der Waals surface area (Å²) in [6, 6.07) is 14.6. The second-order valence-electron chi connectivity index (χ2n) is 5.49. The molecule has 0 saturated heterocycles. The van der Waals surface area contributed by atoms with Crippen LogP contribution in [0, 0.1) is 6.92 Å². The number of urea groups is 1. The molecule has 5 heteroatoms. The number of amides is 3. The predicted octanol–water partition coefficient (Wildman–Crippen LogP) is 3.84. The quantitative estimate of drug-likeness (QED) is 0.803. The van der Waals surface area contributed by atoms with Crippen LogP contribution in [-0.2, 0) is 4.79 Å². The second kappa shape index (κ2) is 7.45. The SMILES string of the molecule is CC(=O)Nc1cccc(NC(=O)NC(C)c2ccc(C)cc2)c1. The van der Waals surface area contributed by atoms with E-state index in [2.05, 4.69) is 16.0 Å². The molecule has 0 spiro atoms. The van der Waals surface area contributed by atoms with Gasteiger partial charge in [-0.25, -0.2) is 4.79 Å². The number of rotatable bonds is 4. The lowest BCUT2D eigenvalue weighted by Gasteiger charge is -2.15. The lowest BCUT2D eigenvalue weighted by molar-refractivity contribution is -0.114. The Hall–Kier alpha value is -2.82. The van der Waals surface area contributed by atoms with E-state index in [0.29, 0.717) is 11.4 Å². The standard InChI is InChI=1S/C18H21N3O2/c1-12-7-9-15(10-8-12)13(2)19-18(23)21-17-6-4-5-16(11-17)20-14(3)22/h4-11,13H,1-3H3,(H,20,22)(H2,19,21,23). The van der Waals surface area contributed by atoms with Crippen LogP contribution in [-0.4, -0.2) is 11.9 Å². The molecule has 0 aliphatic rings. The van der Waals surface area contributed by atoms with Gasteiger partial charge in [0.15, 0.2) is 0 Å². The van der Waals surface area contributed by atoms with Crippen molar-refractivity contribution >= 4 is 23.3 Å². The minimum Gasteiger partial charge on any atom is -0.331 e. The summed E-state index contributed by atoms with van der Waals surface area (Å²) >= 11 is 0. The Morgan fingerprint density at radius 1 is 0.957 bits per heavy atom. The van der Waals surface area contributed by atoms with Crippen LogP contribution in [0.3, 0.4) is 0 Å². The van der Waals surface area contributed by atoms with Gasteiger partial charge >= 0.3 is 6.03 Å². The number of carbonyl (C=O) groups excluding carboxylic acids is 2. The molecule has 1 atom stereocenters. The summed E-state index contributed by atoms with van der Waals surface area (Å²) in [7, 11) is 0. The molecule has 2 rings (SSSR count). The third-order valence-electron chi connectivity index (χ3n) is 3.37. The van der Waals surface area contributed by atoms with Gasteiger partial charge in [0, 0.05) is 18.3 Å². The number of anilines is 2. The highest BCUT2D eigenvalue weighted by atomic mass is 16.2. The molecule has 0 aliphatic heterocycles. The van der Waals surface area contributed by atoms with E-state index in [0.717, 1.165) is 5.56 Å². The molecule has 0 aliphatic carbocycles. The molecule has 5 nitrogen and oxygen atoms in total. The highest BCUT2D eigenvalue weighted by Crippen LogP contribution is 2.16. The highest BCUT2D eigenvalue weighted by molar-refractivity contribution is 5.92. The maximum absolute atomic E-state index is 12.1. The summed E-state index contributed by atoms with van der Waals surface area (Å²) in [5.74, 6) is -0.153. The molecule has 0 heterocycles. The largest absolute Gasteiger partial charge is 0.331 e. The molecule has 0 radical (unpaired) electrons. The molecular formula is C18H21N3O2. The van der Waals surface area contributed by atoms with Crippen LogP contribution in [0.5, 0.6) is 0 Å². The fourth-order valence-corrected chi connectivity index (χ4v) is 2.18. The second-order valence-corrected chi connectivity index (χ2v) is 5.49. The molecule has 0 bridgehead atoms. The normalized spacial score (nSPS) is 11.4. The van der Waals surface area contributed by atoms with Gasteiger partial charge in [-0.3, -0.25) is 4.79 Å². The Labute approximate surface area is 136 Å². The van der Waals surface area contributed by atoms with E-state index in [-0.39, 0.29) is 18.0 Å². The lowest BCUT2D eigenvalue weighted by atomic mass is 10.1. The Morgan fingerprint density at radius 2 is 1.57 bits per heavy atom. The Kier molecular flexibility index (Phi) is 5.36. The van der Waals surface area contributed by atoms with Gasteiger partial charge in [0.25, 0.3) is 0 Å². The molecule has 0 saturated carbocycles. The lowest BCUT2D eigenvalue weighted by Crippen LogP contribution is -2.31. The number of carbonyl (C=O) groups is 2. The molecule has 3 amide bonds. The van der Waals surface area contributed by atoms with Gasteiger partial charge in [-0.15, -0.1) is 0 Å². The van der Waals surface area contributed by atoms with Gasteiger partial charge in [-0.05, 0) is 37.6 Å². The van der Waals surface area contributed by atoms with Gasteiger partial charge < -0.3 is 16.0 Å². The van der Waals surface area contributed by atoms with E-state index < -0.39 is 0 Å². The number of aryl methyl sites for hydroxylation is 1. The van der Waals surface area contributed by atoms with Crippen molar-refractivity contribution in [2.24, 2.45) is 0 Å². The average molecular weight is 311 g/mol. The van der Waals surface area contributed by atoms with Crippen LogP contribution in [0.2, 0.25) is 0 Å². The van der Waals surface area contributed by atoms with E-state index in [4.69, 9.17) is 0 Å². The maximum atomic E-state index is 12.1. The summed E-state index contributed by atoms with van der Waals surface area (Å²) in [5, 5.41) is 8.33. The molecular weight excluding hydrogens is 290 g/mol. The molecule has 2 aromatic rings. The monoisotopic (exact) mass is 311 g/mol. The van der Waals surface area contributed by atoms with E-state index in [9.17, 15) is 9.59 Å². The number of hydrogen-bond donors (Lipinski definition) is 3. The van der Waals surface area contributed by atoms with E-state index >= 15 is 0 Å². The number of hydrogen-bond acceptors (Lipinski definition) is 2. The van der Waals surface area contributed by atoms with Crippen LogP contribution in [0.15, 0.2) is 48.5 Å². The van der Waals surface area contributed by atoms with Crippen LogP contribution >= 0.6 is 0 Å². The molecule has 23 heavy (non-hydrogen) atoms. The third-order valence-corrected chi connectivity index (χ3v) is 3.37. The minimum absolute atomic E-state index is 0.103. The summed E-state index contributed by atoms with van der Waals surface area (Å²) in [6.07, 6.45) is 0. The minimum atomic E-state index is -0.293. The first-order chi connectivity index (χ1) is 10.9. The van der Waals surface area contributed by atoms with Crippen LogP contribution < -0.4 is 16.0 Å². The zero-order valence-corrected chi connectivity index (χ0v) is 13.5. The summed E-state index contributed by atoms with van der Waals surface area (Å²) in [6.45, 7) is 5.39. The van der Waals surface area contributed by atoms with Crippen molar-refractivity contribution in [2.75, 3.05) is 10.6 Å². The van der Waals surface area contributed by atoms with E-state index in [1.165, 1.54) is 12.5 Å². The van der Waals surface area contributed by atoms with E-state index in [1.807, 2.05) is 38.1 Å². The van der Waals surface area contributed by atoms with Crippen LogP contribution in [0.4, 0.5) is 16.2 Å². The first kappa shape index (κ1) is 16.5. The average Bonchev–Trinajstić information content (AvgIpc) is 2.47. The van der Waals surface area contributed by atoms with Crippen LogP contribution in [0.25, 0.3) is 0 Å². The molecule has 3 N–H and O–H groups in total. The zero-order valence-electron chi connectivity index (χ0n) is 13.5. The Balaban J connectivity index is 1.96. The first-order valence-electron chi connectivity index (χ1n) is 7.46. The molecule has 0 fully saturated rings.